The van der Waals surface area contributed by atoms with Crippen molar-refractivity contribution in [2.75, 3.05) is 38.3 Å². The minimum atomic E-state index is -2.70. The Kier molecular flexibility index (Phi) is 6.17. The zero-order valence-electron chi connectivity index (χ0n) is 20.9. The van der Waals surface area contributed by atoms with Gasteiger partial charge >= 0.3 is 0 Å². The monoisotopic (exact) mass is 584 g/mol. The zero-order chi connectivity index (χ0) is 25.1. The fourth-order valence-electron chi connectivity index (χ4n) is 5.25. The molecule has 0 N–H and O–H groups in total. The molecule has 0 saturated carbocycles. The lowest BCUT2D eigenvalue weighted by Crippen LogP contribution is -2.39. The predicted octanol–water partition coefficient (Wildman–Crippen LogP) is 7.06. The fourth-order valence-corrected chi connectivity index (χ4v) is 9.26. The van der Waals surface area contributed by atoms with Crippen molar-refractivity contribution < 1.29 is 9.26 Å². The van der Waals surface area contributed by atoms with Gasteiger partial charge in [0.05, 0.1) is 34.8 Å². The van der Waals surface area contributed by atoms with Crippen molar-refractivity contribution in [2.45, 2.75) is 32.2 Å². The molecule has 3 aliphatic heterocycles. The second-order valence-corrected chi connectivity index (χ2v) is 14.4. The van der Waals surface area contributed by atoms with E-state index < -0.39 is 7.43 Å². The third-order valence-electron chi connectivity index (χ3n) is 7.72. The topological polar surface area (TPSA) is 49.7 Å². The minimum Gasteiger partial charge on any atom is -0.424 e. The van der Waals surface area contributed by atoms with E-state index in [0.29, 0.717) is 25.2 Å². The number of hydrogen-bond donors (Lipinski definition) is 0. The number of ether oxygens (including phenoxy) is 1. The Labute approximate surface area is 225 Å². The summed E-state index contributed by atoms with van der Waals surface area (Å²) in [7, 11) is -0.513. The molecule has 0 aliphatic carbocycles. The highest BCUT2D eigenvalue weighted by molar-refractivity contribution is 9.10. The molecule has 3 aliphatic rings. The van der Waals surface area contributed by atoms with Gasteiger partial charge in [-0.25, -0.2) is 14.4 Å². The van der Waals surface area contributed by atoms with Crippen molar-refractivity contribution >= 4 is 63.0 Å². The lowest BCUT2D eigenvalue weighted by molar-refractivity contribution is 0.0716. The van der Waals surface area contributed by atoms with Crippen molar-refractivity contribution in [2.24, 2.45) is 9.74 Å². The molecule has 188 valence electrons. The normalized spacial score (nSPS) is 25.1. The maximum atomic E-state index is 7.05. The molecule has 0 radical (unpaired) electrons. The van der Waals surface area contributed by atoms with Gasteiger partial charge in [0.25, 0.3) is 0 Å². The fraction of sp³-hybridized carbons (Fsp3) is 0.370. The molecule has 4 heterocycles. The van der Waals surface area contributed by atoms with E-state index in [-0.39, 0.29) is 5.41 Å². The Morgan fingerprint density at radius 3 is 2.58 bits per heavy atom. The molecule has 3 aromatic rings. The SMILES string of the molecule is CC1N(C)c2cc3c(cc2C1(C)C)P(=Nc1ccc(Br)cc1)(N1CCOCC1)OC(c1cccs1)=N3. The molecule has 1 fully saturated rings. The highest BCUT2D eigenvalue weighted by Gasteiger charge is 2.46. The Bertz CT molecular complexity index is 1380. The van der Waals surface area contributed by atoms with E-state index in [1.165, 1.54) is 11.3 Å². The number of nitrogens with zero attached hydrogens (tertiary/aromatic N) is 4. The number of fused-ring (bicyclic) bond motifs is 2. The van der Waals surface area contributed by atoms with Gasteiger partial charge in [0.2, 0.25) is 13.3 Å². The van der Waals surface area contributed by atoms with Crippen molar-refractivity contribution in [1.29, 1.82) is 0 Å². The summed E-state index contributed by atoms with van der Waals surface area (Å²) in [6.07, 6.45) is 0. The van der Waals surface area contributed by atoms with Crippen LogP contribution in [-0.4, -0.2) is 50.0 Å². The molecule has 1 saturated heterocycles. The Morgan fingerprint density at radius 1 is 1.14 bits per heavy atom. The van der Waals surface area contributed by atoms with Crippen molar-refractivity contribution in [3.63, 3.8) is 0 Å². The van der Waals surface area contributed by atoms with Gasteiger partial charge in [0.15, 0.2) is 0 Å². The van der Waals surface area contributed by atoms with Gasteiger partial charge < -0.3 is 14.2 Å². The first kappa shape index (κ1) is 24.4. The summed E-state index contributed by atoms with van der Waals surface area (Å²) in [5.41, 5.74) is 4.43. The number of morpholine rings is 1. The summed E-state index contributed by atoms with van der Waals surface area (Å²) in [6.45, 7) is 9.82. The largest absolute Gasteiger partial charge is 0.424 e. The summed E-state index contributed by atoms with van der Waals surface area (Å²) in [6, 6.07) is 17.3. The number of likely N-dealkylation sites (N-methyl/N-ethyl adjacent to an activating group) is 1. The van der Waals surface area contributed by atoms with E-state index in [1.807, 2.05) is 18.2 Å². The summed E-state index contributed by atoms with van der Waals surface area (Å²) in [5, 5.41) is 3.17. The van der Waals surface area contributed by atoms with E-state index in [0.717, 1.165) is 39.1 Å². The smallest absolute Gasteiger partial charge is 0.242 e. The number of hydrogen-bond acceptors (Lipinski definition) is 6. The molecule has 36 heavy (non-hydrogen) atoms. The third kappa shape index (κ3) is 3.89. The van der Waals surface area contributed by atoms with Crippen LogP contribution in [0.3, 0.4) is 0 Å². The summed E-state index contributed by atoms with van der Waals surface area (Å²) < 4.78 is 21.7. The average molecular weight is 586 g/mol. The quantitative estimate of drug-likeness (QED) is 0.309. The van der Waals surface area contributed by atoms with Crippen LogP contribution in [0, 0.1) is 0 Å². The lowest BCUT2D eigenvalue weighted by Gasteiger charge is -2.40. The molecule has 0 spiro atoms. The number of anilines is 1. The van der Waals surface area contributed by atoms with E-state index in [9.17, 15) is 0 Å². The van der Waals surface area contributed by atoms with E-state index in [2.05, 4.69) is 89.0 Å². The van der Waals surface area contributed by atoms with Crippen LogP contribution in [0.15, 0.2) is 68.1 Å². The molecule has 0 bridgehead atoms. The number of rotatable bonds is 3. The Hall–Kier alpha value is -1.96. The first-order chi connectivity index (χ1) is 17.3. The van der Waals surface area contributed by atoms with Gasteiger partial charge in [-0.15, -0.1) is 11.3 Å². The highest BCUT2D eigenvalue weighted by atomic mass is 79.9. The molecule has 2 unspecified atom stereocenters. The molecular weight excluding hydrogens is 555 g/mol. The van der Waals surface area contributed by atoms with Crippen LogP contribution >= 0.6 is 34.7 Å². The lowest BCUT2D eigenvalue weighted by atomic mass is 9.81. The second-order valence-electron chi connectivity index (χ2n) is 10.0. The minimum absolute atomic E-state index is 0.00482. The van der Waals surface area contributed by atoms with Gasteiger partial charge in [-0.05, 0) is 60.3 Å². The van der Waals surface area contributed by atoms with Crippen LogP contribution < -0.4 is 10.2 Å². The standard InChI is InChI=1S/C27H30BrN4O2PS/c1-18-27(2,3)21-16-24-22(17-23(21)31(18)4)29-26(25-6-5-15-36-25)34-35(24,32-11-13-33-14-12-32)30-20-9-7-19(28)8-10-20/h5-10,15-18H,11-14H2,1-4H3. The third-order valence-corrected chi connectivity index (χ3v) is 12.2. The van der Waals surface area contributed by atoms with Crippen LogP contribution in [0.5, 0.6) is 0 Å². The molecule has 6 nitrogen and oxygen atoms in total. The van der Waals surface area contributed by atoms with Gasteiger partial charge in [-0.2, -0.15) is 0 Å². The van der Waals surface area contributed by atoms with Gasteiger partial charge in [-0.3, -0.25) is 0 Å². The van der Waals surface area contributed by atoms with E-state index in [4.69, 9.17) is 19.0 Å². The van der Waals surface area contributed by atoms with Gasteiger partial charge in [0.1, 0.15) is 0 Å². The van der Waals surface area contributed by atoms with Gasteiger partial charge in [0, 0.05) is 41.8 Å². The van der Waals surface area contributed by atoms with Crippen LogP contribution in [0.25, 0.3) is 0 Å². The molecule has 6 rings (SSSR count). The van der Waals surface area contributed by atoms with Crippen molar-refractivity contribution in [1.82, 2.24) is 4.67 Å². The first-order valence-electron chi connectivity index (χ1n) is 12.2. The van der Waals surface area contributed by atoms with E-state index >= 15 is 0 Å². The van der Waals surface area contributed by atoms with Crippen molar-refractivity contribution in [3.05, 3.63) is 68.8 Å². The highest BCUT2D eigenvalue weighted by Crippen LogP contribution is 2.61. The first-order valence-corrected chi connectivity index (χ1v) is 15.5. The number of halogens is 1. The maximum Gasteiger partial charge on any atom is 0.242 e. The zero-order valence-corrected chi connectivity index (χ0v) is 24.2. The van der Waals surface area contributed by atoms with Crippen LogP contribution in [0.4, 0.5) is 17.1 Å². The molecule has 2 aromatic carbocycles. The molecule has 2 atom stereocenters. The van der Waals surface area contributed by atoms with Crippen molar-refractivity contribution in [3.8, 4) is 0 Å². The van der Waals surface area contributed by atoms with Crippen LogP contribution in [0.2, 0.25) is 0 Å². The molecular formula is C27H30BrN4O2PS. The summed E-state index contributed by atoms with van der Waals surface area (Å²) in [4.78, 5) is 8.50. The molecule has 0 amide bonds. The van der Waals surface area contributed by atoms with Gasteiger partial charge in [-0.1, -0.05) is 35.8 Å². The second kappa shape index (κ2) is 9.10. The number of benzene rings is 2. The molecule has 9 heteroatoms. The average Bonchev–Trinajstić information content (AvgIpc) is 3.48. The number of aliphatic imine (C=N–C) groups is 1. The maximum absolute atomic E-state index is 7.05. The molecule has 1 aromatic heterocycles. The predicted molar refractivity (Wildman–Crippen MR) is 154 cm³/mol. The van der Waals surface area contributed by atoms with Crippen LogP contribution in [-0.2, 0) is 14.7 Å². The summed E-state index contributed by atoms with van der Waals surface area (Å²) in [5.74, 6) is 0.658. The van der Waals surface area contributed by atoms with E-state index in [1.54, 1.807) is 11.3 Å². The Morgan fingerprint density at radius 2 is 1.89 bits per heavy atom. The Balaban J connectivity index is 1.66. The summed E-state index contributed by atoms with van der Waals surface area (Å²) >= 11 is 5.21. The van der Waals surface area contributed by atoms with Crippen LogP contribution in [0.1, 0.15) is 31.2 Å². The number of thiophene rings is 1.